The summed E-state index contributed by atoms with van der Waals surface area (Å²) in [5.41, 5.74) is 3.56. The summed E-state index contributed by atoms with van der Waals surface area (Å²) in [6.07, 6.45) is 4.63. The SMILES string of the molecule is O=C1COC(CNS(=O)(=O)c2ccc3c(c2)CCCC3)CN1CCc1ccccc1. The van der Waals surface area contributed by atoms with Gasteiger partial charge in [0, 0.05) is 19.6 Å². The first-order valence-electron chi connectivity index (χ1n) is 10.6. The quantitative estimate of drug-likeness (QED) is 0.734. The minimum Gasteiger partial charge on any atom is -0.365 e. The van der Waals surface area contributed by atoms with Crippen molar-refractivity contribution in [2.45, 2.75) is 43.1 Å². The molecule has 2 aromatic rings. The van der Waals surface area contributed by atoms with E-state index in [-0.39, 0.29) is 25.2 Å². The molecule has 160 valence electrons. The number of amides is 1. The molecule has 1 atom stereocenters. The first-order chi connectivity index (χ1) is 14.5. The number of benzene rings is 2. The fourth-order valence-electron chi connectivity index (χ4n) is 4.09. The second-order valence-corrected chi connectivity index (χ2v) is 9.76. The van der Waals surface area contributed by atoms with E-state index in [2.05, 4.69) is 4.72 Å². The van der Waals surface area contributed by atoms with Crippen molar-refractivity contribution >= 4 is 15.9 Å². The van der Waals surface area contributed by atoms with Gasteiger partial charge in [0.15, 0.2) is 0 Å². The zero-order chi connectivity index (χ0) is 21.0. The third-order valence-electron chi connectivity index (χ3n) is 5.86. The lowest BCUT2D eigenvalue weighted by molar-refractivity contribution is -0.148. The maximum Gasteiger partial charge on any atom is 0.248 e. The zero-order valence-electron chi connectivity index (χ0n) is 17.0. The van der Waals surface area contributed by atoms with Crippen molar-refractivity contribution in [2.75, 3.05) is 26.2 Å². The maximum atomic E-state index is 12.8. The normalized spacial score (nSPS) is 19.5. The summed E-state index contributed by atoms with van der Waals surface area (Å²) < 4.78 is 33.8. The van der Waals surface area contributed by atoms with Gasteiger partial charge in [-0.05, 0) is 60.9 Å². The number of morpholine rings is 1. The van der Waals surface area contributed by atoms with E-state index >= 15 is 0 Å². The Morgan fingerprint density at radius 2 is 1.80 bits per heavy atom. The number of fused-ring (bicyclic) bond motifs is 1. The van der Waals surface area contributed by atoms with Crippen LogP contribution in [0.2, 0.25) is 0 Å². The van der Waals surface area contributed by atoms with Crippen LogP contribution < -0.4 is 4.72 Å². The Morgan fingerprint density at radius 3 is 2.60 bits per heavy atom. The van der Waals surface area contributed by atoms with E-state index in [4.69, 9.17) is 4.74 Å². The Bertz CT molecular complexity index is 992. The average Bonchev–Trinajstić information content (AvgIpc) is 2.78. The van der Waals surface area contributed by atoms with Gasteiger partial charge in [-0.2, -0.15) is 0 Å². The van der Waals surface area contributed by atoms with Gasteiger partial charge in [-0.3, -0.25) is 4.79 Å². The van der Waals surface area contributed by atoms with Crippen LogP contribution in [0.5, 0.6) is 0 Å². The molecule has 0 aromatic heterocycles. The Labute approximate surface area is 178 Å². The van der Waals surface area contributed by atoms with E-state index in [1.165, 1.54) is 11.1 Å². The maximum absolute atomic E-state index is 12.8. The van der Waals surface area contributed by atoms with Crippen LogP contribution in [0.25, 0.3) is 0 Å². The van der Waals surface area contributed by atoms with E-state index in [0.29, 0.717) is 18.0 Å². The Kier molecular flexibility index (Phi) is 6.51. The number of nitrogens with one attached hydrogen (secondary N) is 1. The predicted molar refractivity (Wildman–Crippen MR) is 115 cm³/mol. The van der Waals surface area contributed by atoms with Crippen molar-refractivity contribution in [2.24, 2.45) is 0 Å². The van der Waals surface area contributed by atoms with Gasteiger partial charge in [0.05, 0.1) is 11.0 Å². The summed E-state index contributed by atoms with van der Waals surface area (Å²) in [5.74, 6) is -0.0558. The van der Waals surface area contributed by atoms with Gasteiger partial charge in [0.1, 0.15) is 6.61 Å². The number of aryl methyl sites for hydroxylation is 2. The van der Waals surface area contributed by atoms with Gasteiger partial charge >= 0.3 is 0 Å². The molecule has 1 amide bonds. The third-order valence-corrected chi connectivity index (χ3v) is 7.28. The average molecular weight is 429 g/mol. The van der Waals surface area contributed by atoms with Gasteiger partial charge in [-0.15, -0.1) is 0 Å². The lowest BCUT2D eigenvalue weighted by atomic mass is 9.92. The summed E-state index contributed by atoms with van der Waals surface area (Å²) in [6.45, 7) is 1.12. The molecule has 1 N–H and O–H groups in total. The summed E-state index contributed by atoms with van der Waals surface area (Å²) in [5, 5.41) is 0. The monoisotopic (exact) mass is 428 g/mol. The van der Waals surface area contributed by atoms with Gasteiger partial charge < -0.3 is 9.64 Å². The summed E-state index contributed by atoms with van der Waals surface area (Å²) in [7, 11) is -3.61. The Balaban J connectivity index is 1.34. The highest BCUT2D eigenvalue weighted by Gasteiger charge is 2.27. The van der Waals surface area contributed by atoms with Gasteiger partial charge in [-0.1, -0.05) is 36.4 Å². The topological polar surface area (TPSA) is 75.7 Å². The lowest BCUT2D eigenvalue weighted by Gasteiger charge is -2.33. The predicted octanol–water partition coefficient (Wildman–Crippen LogP) is 2.31. The Hall–Kier alpha value is -2.22. The molecule has 6 nitrogen and oxygen atoms in total. The summed E-state index contributed by atoms with van der Waals surface area (Å²) >= 11 is 0. The molecule has 30 heavy (non-hydrogen) atoms. The highest BCUT2D eigenvalue weighted by Crippen LogP contribution is 2.24. The Morgan fingerprint density at radius 1 is 1.03 bits per heavy atom. The molecule has 1 fully saturated rings. The van der Waals surface area contributed by atoms with Crippen LogP contribution in [0.3, 0.4) is 0 Å². The van der Waals surface area contributed by atoms with Crippen molar-refractivity contribution in [1.82, 2.24) is 9.62 Å². The summed E-state index contributed by atoms with van der Waals surface area (Å²) in [4.78, 5) is 14.2. The molecule has 1 aliphatic heterocycles. The van der Waals surface area contributed by atoms with Crippen LogP contribution in [0, 0.1) is 0 Å². The van der Waals surface area contributed by atoms with E-state index < -0.39 is 10.0 Å². The van der Waals surface area contributed by atoms with Crippen molar-refractivity contribution < 1.29 is 17.9 Å². The number of rotatable bonds is 7. The number of carbonyl (C=O) groups excluding carboxylic acids is 1. The minimum absolute atomic E-state index is 0.0139. The lowest BCUT2D eigenvalue weighted by Crippen LogP contribution is -2.50. The molecule has 0 spiro atoms. The van der Waals surface area contributed by atoms with Crippen LogP contribution in [0.15, 0.2) is 53.4 Å². The van der Waals surface area contributed by atoms with Crippen LogP contribution >= 0.6 is 0 Å². The largest absolute Gasteiger partial charge is 0.365 e. The van der Waals surface area contributed by atoms with Crippen molar-refractivity contribution in [3.05, 3.63) is 65.2 Å². The molecule has 4 rings (SSSR count). The van der Waals surface area contributed by atoms with E-state index in [1.807, 2.05) is 36.4 Å². The number of ether oxygens (including phenoxy) is 1. The molecular formula is C23H28N2O4S. The van der Waals surface area contributed by atoms with Gasteiger partial charge in [0.2, 0.25) is 15.9 Å². The molecular weight excluding hydrogens is 400 g/mol. The van der Waals surface area contributed by atoms with E-state index in [9.17, 15) is 13.2 Å². The van der Waals surface area contributed by atoms with Gasteiger partial charge in [0.25, 0.3) is 0 Å². The van der Waals surface area contributed by atoms with Crippen LogP contribution in [0.1, 0.15) is 29.5 Å². The fraction of sp³-hybridized carbons (Fsp3) is 0.435. The van der Waals surface area contributed by atoms with Gasteiger partial charge in [-0.25, -0.2) is 13.1 Å². The van der Waals surface area contributed by atoms with Crippen LogP contribution in [-0.2, 0) is 38.8 Å². The van der Waals surface area contributed by atoms with E-state index in [0.717, 1.165) is 37.7 Å². The highest BCUT2D eigenvalue weighted by atomic mass is 32.2. The smallest absolute Gasteiger partial charge is 0.248 e. The highest BCUT2D eigenvalue weighted by molar-refractivity contribution is 7.89. The number of hydrogen-bond donors (Lipinski definition) is 1. The van der Waals surface area contributed by atoms with Crippen molar-refractivity contribution in [3.63, 3.8) is 0 Å². The molecule has 1 saturated heterocycles. The number of hydrogen-bond acceptors (Lipinski definition) is 4. The number of sulfonamides is 1. The third kappa shape index (κ3) is 5.09. The molecule has 1 heterocycles. The molecule has 1 unspecified atom stereocenters. The number of nitrogens with zero attached hydrogens (tertiary/aromatic N) is 1. The molecule has 7 heteroatoms. The van der Waals surface area contributed by atoms with Crippen molar-refractivity contribution in [3.8, 4) is 0 Å². The summed E-state index contributed by atoms with van der Waals surface area (Å²) in [6, 6.07) is 15.4. The first-order valence-corrected chi connectivity index (χ1v) is 12.0. The first kappa shape index (κ1) is 21.0. The molecule has 0 saturated carbocycles. The molecule has 0 radical (unpaired) electrons. The van der Waals surface area contributed by atoms with Crippen molar-refractivity contribution in [1.29, 1.82) is 0 Å². The zero-order valence-corrected chi connectivity index (χ0v) is 17.9. The number of carbonyl (C=O) groups is 1. The minimum atomic E-state index is -3.61. The molecule has 2 aromatic carbocycles. The second-order valence-electron chi connectivity index (χ2n) is 8.00. The second kappa shape index (κ2) is 9.29. The molecule has 0 bridgehead atoms. The van der Waals surface area contributed by atoms with E-state index in [1.54, 1.807) is 17.0 Å². The molecule has 1 aliphatic carbocycles. The van der Waals surface area contributed by atoms with Crippen LogP contribution in [-0.4, -0.2) is 51.6 Å². The standard InChI is InChI=1S/C23H28N2O4S/c26-23-17-29-21(16-25(23)13-12-18-6-2-1-3-7-18)15-24-30(27,28)22-11-10-19-8-4-5-9-20(19)14-22/h1-3,6-7,10-11,14,21,24H,4-5,8-9,12-13,15-17H2. The fourth-order valence-corrected chi connectivity index (χ4v) is 5.21. The molecule has 2 aliphatic rings. The van der Waals surface area contributed by atoms with Crippen LogP contribution in [0.4, 0.5) is 0 Å².